The zero-order chi connectivity index (χ0) is 25.5. The molecule has 0 saturated carbocycles. The minimum absolute atomic E-state index is 0.130. The summed E-state index contributed by atoms with van der Waals surface area (Å²) < 4.78 is 10.8. The van der Waals surface area contributed by atoms with Crippen molar-refractivity contribution in [3.05, 3.63) is 36.0 Å². The summed E-state index contributed by atoms with van der Waals surface area (Å²) in [6.07, 6.45) is 6.36. The number of piperidine rings is 2. The van der Waals surface area contributed by atoms with Crippen molar-refractivity contribution in [2.24, 2.45) is 5.92 Å². The molecule has 8 heteroatoms. The minimum atomic E-state index is -0.210. The Hall–Kier alpha value is -2.87. The summed E-state index contributed by atoms with van der Waals surface area (Å²) in [5, 5.41) is 4.04. The second-order valence-corrected chi connectivity index (χ2v) is 10.4. The van der Waals surface area contributed by atoms with E-state index < -0.39 is 0 Å². The van der Waals surface area contributed by atoms with Gasteiger partial charge in [-0.15, -0.1) is 0 Å². The van der Waals surface area contributed by atoms with E-state index in [1.807, 2.05) is 29.2 Å². The summed E-state index contributed by atoms with van der Waals surface area (Å²) in [5.74, 6) is 1.41. The molecule has 36 heavy (non-hydrogen) atoms. The first kappa shape index (κ1) is 26.2. The van der Waals surface area contributed by atoms with Crippen molar-refractivity contribution in [1.29, 1.82) is 0 Å². The Morgan fingerprint density at radius 3 is 2.56 bits per heavy atom. The highest BCUT2D eigenvalue weighted by molar-refractivity contribution is 5.93. The first-order chi connectivity index (χ1) is 17.4. The van der Waals surface area contributed by atoms with Gasteiger partial charge in [0, 0.05) is 50.3 Å². The molecule has 0 unspecified atom stereocenters. The van der Waals surface area contributed by atoms with Crippen LogP contribution in [-0.4, -0.2) is 84.1 Å². The van der Waals surface area contributed by atoms with Gasteiger partial charge in [-0.3, -0.25) is 9.59 Å². The molecule has 2 aliphatic rings. The lowest BCUT2D eigenvalue weighted by molar-refractivity contribution is -0.133. The predicted octanol–water partition coefficient (Wildman–Crippen LogP) is 4.32. The molecule has 1 aromatic heterocycles. The van der Waals surface area contributed by atoms with Crippen LogP contribution in [0.4, 0.5) is 0 Å². The van der Waals surface area contributed by atoms with E-state index >= 15 is 0 Å². The lowest BCUT2D eigenvalue weighted by atomic mass is 9.99. The van der Waals surface area contributed by atoms with Gasteiger partial charge in [0.1, 0.15) is 5.75 Å². The maximum atomic E-state index is 13.3. The van der Waals surface area contributed by atoms with Gasteiger partial charge < -0.3 is 24.0 Å². The number of nitrogens with zero attached hydrogens (tertiary/aromatic N) is 4. The average Bonchev–Trinajstić information content (AvgIpc) is 3.41. The van der Waals surface area contributed by atoms with Gasteiger partial charge in [0.05, 0.1) is 7.11 Å². The van der Waals surface area contributed by atoms with Crippen molar-refractivity contribution in [3.8, 4) is 17.1 Å². The number of amides is 2. The smallest absolute Gasteiger partial charge is 0.276 e. The summed E-state index contributed by atoms with van der Waals surface area (Å²) in [5.41, 5.74) is 1.04. The molecule has 1 aromatic carbocycles. The third-order valence-electron chi connectivity index (χ3n) is 7.28. The molecule has 2 saturated heterocycles. The van der Waals surface area contributed by atoms with E-state index in [-0.39, 0.29) is 23.4 Å². The number of ether oxygens (including phenoxy) is 1. The number of hydrogen-bond donors (Lipinski definition) is 0. The Morgan fingerprint density at radius 1 is 1.11 bits per heavy atom. The number of aromatic nitrogens is 1. The van der Waals surface area contributed by atoms with E-state index in [2.05, 4.69) is 23.9 Å². The second kappa shape index (κ2) is 12.4. The number of benzene rings is 1. The Morgan fingerprint density at radius 2 is 1.86 bits per heavy atom. The molecule has 2 amide bonds. The molecule has 8 nitrogen and oxygen atoms in total. The molecule has 196 valence electrons. The number of hydrogen-bond acceptors (Lipinski definition) is 6. The Labute approximate surface area is 214 Å². The quantitative estimate of drug-likeness (QED) is 0.515. The molecule has 0 N–H and O–H groups in total. The standard InChI is InChI=1S/C28H40N4O4/c1-21(2)20-32(28(34)25-19-26(36-29-25)22-8-7-9-24(18-22)35-3)17-12-27(33)31-15-10-23(11-16-31)30-13-5-4-6-14-30/h7-9,18-19,21,23H,4-6,10-17,20H2,1-3H3. The van der Waals surface area contributed by atoms with Crippen LogP contribution in [0.1, 0.15) is 62.9 Å². The summed E-state index contributed by atoms with van der Waals surface area (Å²) in [6.45, 7) is 9.10. The monoisotopic (exact) mass is 496 g/mol. The van der Waals surface area contributed by atoms with E-state index in [0.29, 0.717) is 37.1 Å². The normalized spacial score (nSPS) is 17.4. The van der Waals surface area contributed by atoms with Gasteiger partial charge in [-0.2, -0.15) is 0 Å². The molecule has 2 aliphatic heterocycles. The summed E-state index contributed by atoms with van der Waals surface area (Å²) in [6, 6.07) is 9.72. The average molecular weight is 497 g/mol. The third-order valence-corrected chi connectivity index (χ3v) is 7.28. The number of likely N-dealkylation sites (tertiary alicyclic amines) is 2. The fourth-order valence-electron chi connectivity index (χ4n) is 5.32. The van der Waals surface area contributed by atoms with Crippen LogP contribution < -0.4 is 4.74 Å². The maximum Gasteiger partial charge on any atom is 0.276 e. The van der Waals surface area contributed by atoms with Gasteiger partial charge in [-0.25, -0.2) is 0 Å². The number of carbonyl (C=O) groups excluding carboxylic acids is 2. The SMILES string of the molecule is COc1cccc(-c2cc(C(=O)N(CCC(=O)N3CCC(N4CCCCC4)CC3)CC(C)C)no2)c1. The van der Waals surface area contributed by atoms with Gasteiger partial charge in [-0.05, 0) is 56.8 Å². The molecular weight excluding hydrogens is 456 g/mol. The Bertz CT molecular complexity index is 1010. The fourth-order valence-corrected chi connectivity index (χ4v) is 5.32. The van der Waals surface area contributed by atoms with Crippen molar-refractivity contribution >= 4 is 11.8 Å². The van der Waals surface area contributed by atoms with Crippen LogP contribution >= 0.6 is 0 Å². The number of carbonyl (C=O) groups is 2. The van der Waals surface area contributed by atoms with Crippen molar-refractivity contribution in [1.82, 2.24) is 19.9 Å². The van der Waals surface area contributed by atoms with Crippen LogP contribution in [0.15, 0.2) is 34.9 Å². The van der Waals surface area contributed by atoms with Crippen LogP contribution in [0.25, 0.3) is 11.3 Å². The van der Waals surface area contributed by atoms with Crippen LogP contribution in [0.2, 0.25) is 0 Å². The summed E-state index contributed by atoms with van der Waals surface area (Å²) in [7, 11) is 1.61. The molecular formula is C28H40N4O4. The first-order valence-corrected chi connectivity index (χ1v) is 13.4. The van der Waals surface area contributed by atoms with E-state index in [4.69, 9.17) is 9.26 Å². The van der Waals surface area contributed by atoms with E-state index in [0.717, 1.165) is 31.5 Å². The summed E-state index contributed by atoms with van der Waals surface area (Å²) >= 11 is 0. The minimum Gasteiger partial charge on any atom is -0.497 e. The molecule has 2 aromatic rings. The van der Waals surface area contributed by atoms with Gasteiger partial charge in [0.15, 0.2) is 11.5 Å². The number of methoxy groups -OCH3 is 1. The third kappa shape index (κ3) is 6.66. The molecule has 3 heterocycles. The highest BCUT2D eigenvalue weighted by Gasteiger charge is 2.28. The molecule has 0 radical (unpaired) electrons. The van der Waals surface area contributed by atoms with Crippen molar-refractivity contribution in [2.45, 2.75) is 58.4 Å². The molecule has 0 atom stereocenters. The topological polar surface area (TPSA) is 79.1 Å². The lowest BCUT2D eigenvalue weighted by Gasteiger charge is -2.40. The number of rotatable bonds is 9. The van der Waals surface area contributed by atoms with Gasteiger partial charge >= 0.3 is 0 Å². The van der Waals surface area contributed by atoms with Crippen molar-refractivity contribution < 1.29 is 18.8 Å². The molecule has 0 bridgehead atoms. The largest absolute Gasteiger partial charge is 0.497 e. The van der Waals surface area contributed by atoms with Crippen LogP contribution in [-0.2, 0) is 4.79 Å². The Kier molecular flexibility index (Phi) is 9.02. The lowest BCUT2D eigenvalue weighted by Crippen LogP contribution is -2.48. The van der Waals surface area contributed by atoms with Crippen molar-refractivity contribution in [2.75, 3.05) is 46.4 Å². The molecule has 0 spiro atoms. The van der Waals surface area contributed by atoms with Crippen LogP contribution in [0.3, 0.4) is 0 Å². The molecule has 0 aliphatic carbocycles. The highest BCUT2D eigenvalue weighted by atomic mass is 16.5. The Balaban J connectivity index is 1.33. The molecule has 4 rings (SSSR count). The van der Waals surface area contributed by atoms with Crippen LogP contribution in [0.5, 0.6) is 5.75 Å². The maximum absolute atomic E-state index is 13.3. The zero-order valence-electron chi connectivity index (χ0n) is 21.9. The van der Waals surface area contributed by atoms with E-state index in [9.17, 15) is 9.59 Å². The van der Waals surface area contributed by atoms with Crippen molar-refractivity contribution in [3.63, 3.8) is 0 Å². The second-order valence-electron chi connectivity index (χ2n) is 10.4. The van der Waals surface area contributed by atoms with E-state index in [1.54, 1.807) is 18.1 Å². The van der Waals surface area contributed by atoms with Gasteiger partial charge in [0.25, 0.3) is 5.91 Å². The summed E-state index contributed by atoms with van der Waals surface area (Å²) in [4.78, 5) is 32.6. The molecule has 2 fully saturated rings. The fraction of sp³-hybridized carbons (Fsp3) is 0.607. The van der Waals surface area contributed by atoms with Gasteiger partial charge in [-0.1, -0.05) is 37.6 Å². The van der Waals surface area contributed by atoms with E-state index in [1.165, 1.54) is 32.4 Å². The van der Waals surface area contributed by atoms with Crippen LogP contribution in [0, 0.1) is 5.92 Å². The predicted molar refractivity (Wildman–Crippen MR) is 139 cm³/mol. The van der Waals surface area contributed by atoms with Gasteiger partial charge in [0.2, 0.25) is 5.91 Å². The highest BCUT2D eigenvalue weighted by Crippen LogP contribution is 2.25. The zero-order valence-corrected chi connectivity index (χ0v) is 21.9. The first-order valence-electron chi connectivity index (χ1n) is 13.4.